The largest absolute Gasteiger partial charge is 0.383 e. The fourth-order valence-electron chi connectivity index (χ4n) is 2.94. The number of ether oxygens (including phenoxy) is 1. The van der Waals surface area contributed by atoms with E-state index in [1.807, 2.05) is 11.0 Å². The van der Waals surface area contributed by atoms with Gasteiger partial charge in [0.25, 0.3) is 0 Å². The number of urea groups is 1. The summed E-state index contributed by atoms with van der Waals surface area (Å²) in [5.41, 5.74) is 3.82. The van der Waals surface area contributed by atoms with Gasteiger partial charge in [0.15, 0.2) is 0 Å². The average Bonchev–Trinajstić information content (AvgIpc) is 2.72. The number of nitrogens with one attached hydrogen (secondary N) is 2. The number of rotatable bonds is 3. The third-order valence-corrected chi connectivity index (χ3v) is 4.04. The molecular formula is C16H21N3O2. The number of aromatic nitrogens is 1. The van der Waals surface area contributed by atoms with Crippen LogP contribution in [0.4, 0.5) is 4.79 Å². The molecule has 2 aromatic rings. The van der Waals surface area contributed by atoms with E-state index in [0.29, 0.717) is 13.2 Å². The Morgan fingerprint density at radius 1 is 1.33 bits per heavy atom. The van der Waals surface area contributed by atoms with E-state index in [1.165, 1.54) is 22.2 Å². The third-order valence-electron chi connectivity index (χ3n) is 4.04. The molecule has 0 aliphatic carbocycles. The lowest BCUT2D eigenvalue weighted by Crippen LogP contribution is -2.42. The molecule has 0 atom stereocenters. The molecule has 0 bridgehead atoms. The summed E-state index contributed by atoms with van der Waals surface area (Å²) in [6.07, 6.45) is 1.78. The molecule has 2 heterocycles. The molecule has 2 N–H and O–H groups in total. The van der Waals surface area contributed by atoms with Crippen molar-refractivity contribution in [3.63, 3.8) is 0 Å². The molecule has 0 unspecified atom stereocenters. The van der Waals surface area contributed by atoms with Crippen LogP contribution in [-0.4, -0.2) is 49.3 Å². The standard InChI is InChI=1S/C16H21N3O2/c1-21-11-8-17-16(20)19-9-6-13-12-4-2-3-5-14(12)18-15(13)7-10-19/h2-5,18H,6-11H2,1H3,(H,17,20). The first-order valence-electron chi connectivity index (χ1n) is 7.40. The highest BCUT2D eigenvalue weighted by Crippen LogP contribution is 2.25. The van der Waals surface area contributed by atoms with Crippen molar-refractivity contribution in [2.24, 2.45) is 0 Å². The van der Waals surface area contributed by atoms with Crippen molar-refractivity contribution in [1.29, 1.82) is 0 Å². The molecule has 0 saturated heterocycles. The smallest absolute Gasteiger partial charge is 0.317 e. The molecule has 0 spiro atoms. The first-order chi connectivity index (χ1) is 10.3. The van der Waals surface area contributed by atoms with Crippen LogP contribution in [0.1, 0.15) is 11.3 Å². The zero-order valence-corrected chi connectivity index (χ0v) is 12.3. The Morgan fingerprint density at radius 2 is 2.14 bits per heavy atom. The topological polar surface area (TPSA) is 57.4 Å². The minimum atomic E-state index is 0.00140. The van der Waals surface area contributed by atoms with Crippen LogP contribution in [0.25, 0.3) is 10.9 Å². The van der Waals surface area contributed by atoms with Gasteiger partial charge in [-0.1, -0.05) is 18.2 Å². The van der Waals surface area contributed by atoms with Crippen molar-refractivity contribution < 1.29 is 9.53 Å². The highest BCUT2D eigenvalue weighted by Gasteiger charge is 2.20. The molecule has 0 fully saturated rings. The van der Waals surface area contributed by atoms with E-state index in [0.717, 1.165) is 25.9 Å². The van der Waals surface area contributed by atoms with E-state index in [1.54, 1.807) is 7.11 Å². The summed E-state index contributed by atoms with van der Waals surface area (Å²) in [6.45, 7) is 2.61. The van der Waals surface area contributed by atoms with Gasteiger partial charge in [-0.25, -0.2) is 4.79 Å². The number of para-hydroxylation sites is 1. The normalized spacial score (nSPS) is 14.8. The SMILES string of the molecule is COCCNC(=O)N1CCc2[nH]c3ccccc3c2CC1. The summed E-state index contributed by atoms with van der Waals surface area (Å²) < 4.78 is 4.95. The lowest BCUT2D eigenvalue weighted by atomic mass is 10.1. The van der Waals surface area contributed by atoms with Gasteiger partial charge in [-0.05, 0) is 18.1 Å². The Labute approximate surface area is 124 Å². The van der Waals surface area contributed by atoms with Gasteiger partial charge in [-0.15, -0.1) is 0 Å². The van der Waals surface area contributed by atoms with Crippen molar-refractivity contribution in [3.8, 4) is 0 Å². The monoisotopic (exact) mass is 287 g/mol. The summed E-state index contributed by atoms with van der Waals surface area (Å²) in [5, 5.41) is 4.18. The predicted molar refractivity (Wildman–Crippen MR) is 82.6 cm³/mol. The molecule has 1 aliphatic rings. The molecule has 1 aromatic heterocycles. The number of hydrogen-bond donors (Lipinski definition) is 2. The maximum absolute atomic E-state index is 12.1. The number of carbonyl (C=O) groups is 1. The number of aromatic amines is 1. The van der Waals surface area contributed by atoms with E-state index in [4.69, 9.17) is 4.74 Å². The summed E-state index contributed by atoms with van der Waals surface area (Å²) >= 11 is 0. The summed E-state index contributed by atoms with van der Waals surface area (Å²) in [4.78, 5) is 17.5. The first-order valence-corrected chi connectivity index (χ1v) is 7.40. The zero-order chi connectivity index (χ0) is 14.7. The number of methoxy groups -OCH3 is 1. The fourth-order valence-corrected chi connectivity index (χ4v) is 2.94. The zero-order valence-electron chi connectivity index (χ0n) is 12.3. The number of H-pyrrole nitrogens is 1. The van der Waals surface area contributed by atoms with Crippen molar-refractivity contribution in [1.82, 2.24) is 15.2 Å². The first kappa shape index (κ1) is 13.9. The van der Waals surface area contributed by atoms with Gasteiger partial charge in [0.05, 0.1) is 6.61 Å². The summed E-state index contributed by atoms with van der Waals surface area (Å²) in [5.74, 6) is 0. The van der Waals surface area contributed by atoms with E-state index in [2.05, 4.69) is 28.5 Å². The molecule has 0 radical (unpaired) electrons. The maximum atomic E-state index is 12.1. The maximum Gasteiger partial charge on any atom is 0.317 e. The molecule has 1 aliphatic heterocycles. The molecule has 21 heavy (non-hydrogen) atoms. The van der Waals surface area contributed by atoms with Crippen molar-refractivity contribution >= 4 is 16.9 Å². The van der Waals surface area contributed by atoms with E-state index in [-0.39, 0.29) is 6.03 Å². The second-order valence-electron chi connectivity index (χ2n) is 5.34. The molecule has 0 saturated carbocycles. The minimum absolute atomic E-state index is 0.00140. The van der Waals surface area contributed by atoms with Crippen LogP contribution in [-0.2, 0) is 17.6 Å². The van der Waals surface area contributed by atoms with Gasteiger partial charge in [0.1, 0.15) is 0 Å². The van der Waals surface area contributed by atoms with Crippen LogP contribution >= 0.6 is 0 Å². The van der Waals surface area contributed by atoms with Gasteiger partial charge in [-0.3, -0.25) is 0 Å². The molecule has 5 nitrogen and oxygen atoms in total. The van der Waals surface area contributed by atoms with Crippen molar-refractivity contribution in [2.75, 3.05) is 33.4 Å². The van der Waals surface area contributed by atoms with E-state index < -0.39 is 0 Å². The predicted octanol–water partition coefficient (Wildman–Crippen LogP) is 1.92. The van der Waals surface area contributed by atoms with Gasteiger partial charge in [-0.2, -0.15) is 0 Å². The molecule has 1 aromatic carbocycles. The molecule has 3 rings (SSSR count). The molecular weight excluding hydrogens is 266 g/mol. The Balaban J connectivity index is 1.69. The van der Waals surface area contributed by atoms with Crippen LogP contribution in [0.15, 0.2) is 24.3 Å². The Bertz CT molecular complexity index is 635. The van der Waals surface area contributed by atoms with Crippen LogP contribution in [0, 0.1) is 0 Å². The Kier molecular flexibility index (Phi) is 4.10. The minimum Gasteiger partial charge on any atom is -0.383 e. The Hall–Kier alpha value is -2.01. The van der Waals surface area contributed by atoms with Crippen LogP contribution < -0.4 is 5.32 Å². The highest BCUT2D eigenvalue weighted by atomic mass is 16.5. The van der Waals surface area contributed by atoms with E-state index in [9.17, 15) is 4.79 Å². The Morgan fingerprint density at radius 3 is 3.00 bits per heavy atom. The summed E-state index contributed by atoms with van der Waals surface area (Å²) in [7, 11) is 1.63. The lowest BCUT2D eigenvalue weighted by Gasteiger charge is -2.20. The van der Waals surface area contributed by atoms with E-state index >= 15 is 0 Å². The number of hydrogen-bond acceptors (Lipinski definition) is 2. The van der Waals surface area contributed by atoms with Crippen LogP contribution in [0.2, 0.25) is 0 Å². The van der Waals surface area contributed by atoms with Gasteiger partial charge in [0.2, 0.25) is 0 Å². The van der Waals surface area contributed by atoms with Crippen molar-refractivity contribution in [2.45, 2.75) is 12.8 Å². The number of benzene rings is 1. The van der Waals surface area contributed by atoms with Crippen LogP contribution in [0.5, 0.6) is 0 Å². The lowest BCUT2D eigenvalue weighted by molar-refractivity contribution is 0.180. The number of fused-ring (bicyclic) bond motifs is 3. The summed E-state index contributed by atoms with van der Waals surface area (Å²) in [6, 6.07) is 8.38. The number of carbonyl (C=O) groups excluding carboxylic acids is 1. The van der Waals surface area contributed by atoms with Crippen LogP contribution in [0.3, 0.4) is 0 Å². The quantitative estimate of drug-likeness (QED) is 0.847. The second-order valence-corrected chi connectivity index (χ2v) is 5.34. The number of nitrogens with zero attached hydrogens (tertiary/aromatic N) is 1. The van der Waals surface area contributed by atoms with Crippen molar-refractivity contribution in [3.05, 3.63) is 35.5 Å². The molecule has 2 amide bonds. The highest BCUT2D eigenvalue weighted by molar-refractivity contribution is 5.85. The van der Waals surface area contributed by atoms with Gasteiger partial charge >= 0.3 is 6.03 Å². The third kappa shape index (κ3) is 2.88. The van der Waals surface area contributed by atoms with Gasteiger partial charge in [0, 0.05) is 49.8 Å². The fraction of sp³-hybridized carbons (Fsp3) is 0.438. The number of amides is 2. The average molecular weight is 287 g/mol. The van der Waals surface area contributed by atoms with Gasteiger partial charge < -0.3 is 19.9 Å². The molecule has 5 heteroatoms. The molecule has 112 valence electrons. The second kappa shape index (κ2) is 6.18.